The lowest BCUT2D eigenvalue weighted by atomic mass is 9.87. The van der Waals surface area contributed by atoms with E-state index in [0.717, 1.165) is 41.0 Å². The number of methoxy groups -OCH3 is 1. The van der Waals surface area contributed by atoms with Crippen molar-refractivity contribution in [3.63, 3.8) is 0 Å². The maximum absolute atomic E-state index is 5.65. The Hall–Kier alpha value is -1.27. The highest BCUT2D eigenvalue weighted by atomic mass is 79.9. The van der Waals surface area contributed by atoms with Crippen LogP contribution >= 0.6 is 15.9 Å². The third-order valence-electron chi connectivity index (χ3n) is 4.00. The van der Waals surface area contributed by atoms with E-state index in [1.54, 1.807) is 7.11 Å². The number of nitrogens with zero attached hydrogens (tertiary/aromatic N) is 1. The van der Waals surface area contributed by atoms with Crippen molar-refractivity contribution in [3.8, 4) is 11.5 Å². The molecule has 0 amide bonds. The molecule has 1 saturated heterocycles. The van der Waals surface area contributed by atoms with Crippen molar-refractivity contribution in [2.75, 3.05) is 26.8 Å². The minimum Gasteiger partial charge on any atom is -0.493 e. The Kier molecular flexibility index (Phi) is 4.35. The van der Waals surface area contributed by atoms with Crippen LogP contribution < -0.4 is 20.2 Å². The van der Waals surface area contributed by atoms with E-state index >= 15 is 0 Å². The fourth-order valence-electron chi connectivity index (χ4n) is 2.98. The van der Waals surface area contributed by atoms with Gasteiger partial charge in [-0.15, -0.1) is 0 Å². The van der Waals surface area contributed by atoms with Crippen LogP contribution in [-0.2, 0) is 0 Å². The van der Waals surface area contributed by atoms with Crippen LogP contribution in [0.4, 0.5) is 0 Å². The van der Waals surface area contributed by atoms with Gasteiger partial charge in [-0.25, -0.2) is 0 Å². The van der Waals surface area contributed by atoms with Gasteiger partial charge in [-0.05, 0) is 40.5 Å². The molecular formula is C15H20BrN3O2. The lowest BCUT2D eigenvalue weighted by molar-refractivity contribution is 0.308. The van der Waals surface area contributed by atoms with Crippen molar-refractivity contribution >= 4 is 21.6 Å². The van der Waals surface area contributed by atoms with Gasteiger partial charge in [0, 0.05) is 31.1 Å². The summed E-state index contributed by atoms with van der Waals surface area (Å²) in [6.07, 6.45) is 1.02. The Morgan fingerprint density at radius 3 is 3.05 bits per heavy atom. The fourth-order valence-corrected chi connectivity index (χ4v) is 3.55. The molecule has 2 aliphatic heterocycles. The molecule has 3 rings (SSSR count). The maximum Gasteiger partial charge on any atom is 0.175 e. The first-order valence-corrected chi connectivity index (χ1v) is 8.06. The molecule has 1 fully saturated rings. The standard InChI is InChI=1S/C15H20BrN3O2/c1-3-21-15-11(16)6-9(7-13(15)20-2)14-10-8-17-5-4-12(10)18-19-14/h6-7,10,14,17,19H,3-5,8H2,1-2H3. The van der Waals surface area contributed by atoms with Crippen LogP contribution in [0.1, 0.15) is 24.9 Å². The van der Waals surface area contributed by atoms with E-state index in [-0.39, 0.29) is 6.04 Å². The number of rotatable bonds is 4. The van der Waals surface area contributed by atoms with Gasteiger partial charge in [0.15, 0.2) is 11.5 Å². The Labute approximate surface area is 133 Å². The molecule has 2 atom stereocenters. The van der Waals surface area contributed by atoms with Crippen LogP contribution in [0, 0.1) is 5.92 Å². The Morgan fingerprint density at radius 1 is 1.43 bits per heavy atom. The molecule has 114 valence electrons. The number of nitrogens with one attached hydrogen (secondary N) is 2. The minimum absolute atomic E-state index is 0.189. The Balaban J connectivity index is 1.91. The SMILES string of the molecule is CCOc1c(Br)cc(C2NN=C3CCNCC32)cc1OC. The van der Waals surface area contributed by atoms with E-state index in [4.69, 9.17) is 9.47 Å². The molecule has 2 N–H and O–H groups in total. The van der Waals surface area contributed by atoms with Crippen LogP contribution in [0.3, 0.4) is 0 Å². The average molecular weight is 354 g/mol. The fraction of sp³-hybridized carbons (Fsp3) is 0.533. The molecule has 0 aliphatic carbocycles. The summed E-state index contributed by atoms with van der Waals surface area (Å²) < 4.78 is 12.0. The highest BCUT2D eigenvalue weighted by Gasteiger charge is 2.35. The highest BCUT2D eigenvalue weighted by molar-refractivity contribution is 9.10. The van der Waals surface area contributed by atoms with Crippen molar-refractivity contribution in [3.05, 3.63) is 22.2 Å². The predicted octanol–water partition coefficient (Wildman–Crippen LogP) is 2.47. The first-order valence-electron chi connectivity index (χ1n) is 7.27. The molecule has 6 heteroatoms. The second-order valence-corrected chi connectivity index (χ2v) is 6.09. The predicted molar refractivity (Wildman–Crippen MR) is 86.2 cm³/mol. The zero-order valence-corrected chi connectivity index (χ0v) is 13.9. The first kappa shape index (κ1) is 14.7. The first-order chi connectivity index (χ1) is 10.2. The third-order valence-corrected chi connectivity index (χ3v) is 4.59. The van der Waals surface area contributed by atoms with Gasteiger partial charge in [0.25, 0.3) is 0 Å². The summed E-state index contributed by atoms with van der Waals surface area (Å²) >= 11 is 3.59. The molecule has 5 nitrogen and oxygen atoms in total. The number of benzene rings is 1. The topological polar surface area (TPSA) is 54.9 Å². The Morgan fingerprint density at radius 2 is 2.29 bits per heavy atom. The molecule has 21 heavy (non-hydrogen) atoms. The Bertz CT molecular complexity index is 562. The van der Waals surface area contributed by atoms with Crippen molar-refractivity contribution in [2.45, 2.75) is 19.4 Å². The van der Waals surface area contributed by atoms with Gasteiger partial charge in [-0.3, -0.25) is 0 Å². The van der Waals surface area contributed by atoms with Gasteiger partial charge >= 0.3 is 0 Å². The normalized spacial score (nSPS) is 24.0. The van der Waals surface area contributed by atoms with Crippen LogP contribution in [0.5, 0.6) is 11.5 Å². The molecule has 2 unspecified atom stereocenters. The molecule has 2 heterocycles. The molecule has 0 saturated carbocycles. The summed E-state index contributed by atoms with van der Waals surface area (Å²) in [7, 11) is 1.67. The maximum atomic E-state index is 5.65. The summed E-state index contributed by atoms with van der Waals surface area (Å²) in [5, 5.41) is 7.94. The van der Waals surface area contributed by atoms with Gasteiger partial charge < -0.3 is 20.2 Å². The smallest absolute Gasteiger partial charge is 0.175 e. The van der Waals surface area contributed by atoms with Gasteiger partial charge in [-0.1, -0.05) is 0 Å². The summed E-state index contributed by atoms with van der Waals surface area (Å²) in [4.78, 5) is 0. The van der Waals surface area contributed by atoms with Gasteiger partial charge in [0.2, 0.25) is 0 Å². The van der Waals surface area contributed by atoms with Gasteiger partial charge in [0.1, 0.15) is 0 Å². The quantitative estimate of drug-likeness (QED) is 0.872. The largest absolute Gasteiger partial charge is 0.493 e. The molecule has 0 radical (unpaired) electrons. The molecular weight excluding hydrogens is 334 g/mol. The highest BCUT2D eigenvalue weighted by Crippen LogP contribution is 2.40. The van der Waals surface area contributed by atoms with Crippen LogP contribution in [0.25, 0.3) is 0 Å². The monoisotopic (exact) mass is 353 g/mol. The zero-order chi connectivity index (χ0) is 14.8. The molecule has 0 bridgehead atoms. The number of hydrazone groups is 1. The summed E-state index contributed by atoms with van der Waals surface area (Å²) in [6, 6.07) is 4.33. The lowest BCUT2D eigenvalue weighted by Gasteiger charge is -2.26. The van der Waals surface area contributed by atoms with Crippen LogP contribution in [0.2, 0.25) is 0 Å². The number of halogens is 1. The zero-order valence-electron chi connectivity index (χ0n) is 12.3. The molecule has 0 spiro atoms. The van der Waals surface area contributed by atoms with Crippen LogP contribution in [-0.4, -0.2) is 32.5 Å². The van der Waals surface area contributed by atoms with E-state index in [9.17, 15) is 0 Å². The van der Waals surface area contributed by atoms with E-state index < -0.39 is 0 Å². The molecule has 2 aliphatic rings. The molecule has 0 aromatic heterocycles. The minimum atomic E-state index is 0.189. The number of ether oxygens (including phenoxy) is 2. The average Bonchev–Trinajstić information content (AvgIpc) is 2.93. The van der Waals surface area contributed by atoms with Crippen molar-refractivity contribution in [1.29, 1.82) is 0 Å². The molecule has 1 aromatic carbocycles. The van der Waals surface area contributed by atoms with Crippen molar-refractivity contribution < 1.29 is 9.47 Å². The second-order valence-electron chi connectivity index (χ2n) is 5.24. The van der Waals surface area contributed by atoms with E-state index in [2.05, 4.69) is 37.8 Å². The second kappa shape index (κ2) is 6.23. The summed E-state index contributed by atoms with van der Waals surface area (Å²) in [5.74, 6) is 1.92. The van der Waals surface area contributed by atoms with Crippen LogP contribution in [0.15, 0.2) is 21.7 Å². The summed E-state index contributed by atoms with van der Waals surface area (Å²) in [6.45, 7) is 4.55. The molecule has 1 aromatic rings. The van der Waals surface area contributed by atoms with Gasteiger partial charge in [-0.2, -0.15) is 5.10 Å². The summed E-state index contributed by atoms with van der Waals surface area (Å²) in [5.41, 5.74) is 5.70. The number of fused-ring (bicyclic) bond motifs is 1. The van der Waals surface area contributed by atoms with Gasteiger partial charge in [0.05, 0.1) is 24.2 Å². The number of hydrogen-bond donors (Lipinski definition) is 2. The van der Waals surface area contributed by atoms with E-state index in [1.807, 2.05) is 13.0 Å². The van der Waals surface area contributed by atoms with Crippen molar-refractivity contribution in [1.82, 2.24) is 10.7 Å². The lowest BCUT2D eigenvalue weighted by Crippen LogP contribution is -2.38. The van der Waals surface area contributed by atoms with E-state index in [0.29, 0.717) is 12.5 Å². The van der Waals surface area contributed by atoms with E-state index in [1.165, 1.54) is 5.71 Å². The number of piperidine rings is 1. The third kappa shape index (κ3) is 2.74. The van der Waals surface area contributed by atoms with Crippen molar-refractivity contribution in [2.24, 2.45) is 11.0 Å². The number of hydrogen-bond acceptors (Lipinski definition) is 5.